The second-order valence-electron chi connectivity index (χ2n) is 5.11. The number of anilines is 1. The topological polar surface area (TPSA) is 47.1 Å². The lowest BCUT2D eigenvalue weighted by Gasteiger charge is -2.36. The minimum Gasteiger partial charge on any atom is -0.383 e. The number of likely N-dealkylation sites (tertiary alicyclic amines) is 1. The molecule has 1 fully saturated rings. The van der Waals surface area contributed by atoms with Crippen LogP contribution in [0.4, 0.5) is 5.82 Å². The summed E-state index contributed by atoms with van der Waals surface area (Å²) < 4.78 is 1.71. The molecule has 0 aliphatic carbocycles. The second-order valence-corrected chi connectivity index (χ2v) is 5.11. The molecule has 1 saturated heterocycles. The van der Waals surface area contributed by atoms with Crippen LogP contribution >= 0.6 is 0 Å². The van der Waals surface area contributed by atoms with Crippen LogP contribution in [0, 0.1) is 0 Å². The van der Waals surface area contributed by atoms with E-state index in [0.29, 0.717) is 5.92 Å². The first-order valence-electron chi connectivity index (χ1n) is 6.21. The van der Waals surface area contributed by atoms with Crippen LogP contribution in [0.3, 0.4) is 0 Å². The van der Waals surface area contributed by atoms with Gasteiger partial charge in [-0.15, -0.1) is 0 Å². The van der Waals surface area contributed by atoms with Crippen molar-refractivity contribution < 1.29 is 0 Å². The van der Waals surface area contributed by atoms with Crippen LogP contribution in [-0.2, 0) is 7.05 Å². The first-order chi connectivity index (χ1) is 8.65. The lowest BCUT2D eigenvalue weighted by atomic mass is 9.90. The van der Waals surface area contributed by atoms with Gasteiger partial charge in [-0.25, -0.2) is 0 Å². The van der Waals surface area contributed by atoms with E-state index in [9.17, 15) is 0 Å². The van der Waals surface area contributed by atoms with Crippen molar-refractivity contribution in [2.45, 2.75) is 5.92 Å². The molecule has 2 aromatic rings. The van der Waals surface area contributed by atoms with Crippen molar-refractivity contribution in [3.8, 4) is 11.1 Å². The molecule has 1 aromatic carbocycles. The van der Waals surface area contributed by atoms with Crippen LogP contribution in [0.2, 0.25) is 0 Å². The van der Waals surface area contributed by atoms with E-state index in [4.69, 9.17) is 5.73 Å². The SMILES string of the molecule is CN1CC(c2cccc(-c3cnn(C)c3N)c2)C1. The van der Waals surface area contributed by atoms with Gasteiger partial charge in [-0.1, -0.05) is 24.3 Å². The molecule has 0 amide bonds. The maximum atomic E-state index is 6.02. The first-order valence-corrected chi connectivity index (χ1v) is 6.21. The number of aryl methyl sites for hydroxylation is 1. The maximum Gasteiger partial charge on any atom is 0.129 e. The Morgan fingerprint density at radius 3 is 2.67 bits per heavy atom. The summed E-state index contributed by atoms with van der Waals surface area (Å²) in [6.07, 6.45) is 1.83. The molecule has 0 spiro atoms. The van der Waals surface area contributed by atoms with Gasteiger partial charge in [0, 0.05) is 31.6 Å². The number of hydrogen-bond acceptors (Lipinski definition) is 3. The summed E-state index contributed by atoms with van der Waals surface area (Å²) in [5, 5.41) is 4.20. The van der Waals surface area contributed by atoms with Crippen molar-refractivity contribution in [2.75, 3.05) is 25.9 Å². The summed E-state index contributed by atoms with van der Waals surface area (Å²) in [4.78, 5) is 2.33. The zero-order valence-electron chi connectivity index (χ0n) is 10.8. The third-order valence-corrected chi connectivity index (χ3v) is 3.72. The molecule has 0 unspecified atom stereocenters. The van der Waals surface area contributed by atoms with Gasteiger partial charge in [0.25, 0.3) is 0 Å². The van der Waals surface area contributed by atoms with Gasteiger partial charge in [0.1, 0.15) is 5.82 Å². The largest absolute Gasteiger partial charge is 0.383 e. The van der Waals surface area contributed by atoms with Gasteiger partial charge in [-0.2, -0.15) is 5.10 Å². The van der Waals surface area contributed by atoms with Gasteiger partial charge in [-0.05, 0) is 18.2 Å². The molecule has 4 nitrogen and oxygen atoms in total. The molecule has 3 rings (SSSR count). The molecule has 2 heterocycles. The van der Waals surface area contributed by atoms with E-state index in [2.05, 4.69) is 41.3 Å². The van der Waals surface area contributed by atoms with E-state index in [0.717, 1.165) is 30.0 Å². The Labute approximate surface area is 107 Å². The maximum absolute atomic E-state index is 6.02. The predicted molar refractivity (Wildman–Crippen MR) is 73.3 cm³/mol. The Balaban J connectivity index is 1.94. The average Bonchev–Trinajstić information content (AvgIpc) is 2.66. The van der Waals surface area contributed by atoms with Gasteiger partial charge in [0.2, 0.25) is 0 Å². The van der Waals surface area contributed by atoms with E-state index in [1.54, 1.807) is 4.68 Å². The summed E-state index contributed by atoms with van der Waals surface area (Å²) >= 11 is 0. The highest BCUT2D eigenvalue weighted by Gasteiger charge is 2.24. The smallest absolute Gasteiger partial charge is 0.129 e. The lowest BCUT2D eigenvalue weighted by molar-refractivity contribution is 0.190. The Kier molecular flexibility index (Phi) is 2.59. The lowest BCUT2D eigenvalue weighted by Crippen LogP contribution is -2.41. The number of likely N-dealkylation sites (N-methyl/N-ethyl adjacent to an activating group) is 1. The molecule has 1 aromatic heterocycles. The van der Waals surface area contributed by atoms with Gasteiger partial charge < -0.3 is 10.6 Å². The summed E-state index contributed by atoms with van der Waals surface area (Å²) in [6, 6.07) is 8.65. The zero-order chi connectivity index (χ0) is 12.7. The summed E-state index contributed by atoms with van der Waals surface area (Å²) in [7, 11) is 4.02. The Morgan fingerprint density at radius 1 is 1.28 bits per heavy atom. The Morgan fingerprint density at radius 2 is 2.06 bits per heavy atom. The van der Waals surface area contributed by atoms with Crippen molar-refractivity contribution in [1.29, 1.82) is 0 Å². The molecule has 2 N–H and O–H groups in total. The van der Waals surface area contributed by atoms with Crippen molar-refractivity contribution in [2.24, 2.45) is 7.05 Å². The molecule has 0 bridgehead atoms. The van der Waals surface area contributed by atoms with Gasteiger partial charge in [0.15, 0.2) is 0 Å². The number of hydrogen-bond donors (Lipinski definition) is 1. The van der Waals surface area contributed by atoms with Crippen LogP contribution in [0.25, 0.3) is 11.1 Å². The highest BCUT2D eigenvalue weighted by Crippen LogP contribution is 2.31. The molecule has 18 heavy (non-hydrogen) atoms. The molecule has 4 heteroatoms. The normalized spacial score (nSPS) is 16.8. The second kappa shape index (κ2) is 4.14. The minimum absolute atomic E-state index is 0.660. The number of nitrogens with two attached hydrogens (primary N) is 1. The number of rotatable bonds is 2. The van der Waals surface area contributed by atoms with Crippen LogP contribution in [0.15, 0.2) is 30.5 Å². The molecule has 0 radical (unpaired) electrons. The van der Waals surface area contributed by atoms with Crippen LogP contribution < -0.4 is 5.73 Å². The molecule has 0 atom stereocenters. The van der Waals surface area contributed by atoms with Crippen molar-refractivity contribution in [1.82, 2.24) is 14.7 Å². The molecular weight excluding hydrogens is 224 g/mol. The Hall–Kier alpha value is -1.81. The van der Waals surface area contributed by atoms with Gasteiger partial charge in [0.05, 0.1) is 6.20 Å². The van der Waals surface area contributed by atoms with E-state index in [1.807, 2.05) is 13.2 Å². The number of aromatic nitrogens is 2. The van der Waals surface area contributed by atoms with Gasteiger partial charge in [-0.3, -0.25) is 4.68 Å². The fraction of sp³-hybridized carbons (Fsp3) is 0.357. The minimum atomic E-state index is 0.660. The van der Waals surface area contributed by atoms with Gasteiger partial charge >= 0.3 is 0 Å². The highest BCUT2D eigenvalue weighted by molar-refractivity contribution is 5.73. The summed E-state index contributed by atoms with van der Waals surface area (Å²) in [6.45, 7) is 2.29. The fourth-order valence-electron chi connectivity index (χ4n) is 2.54. The van der Waals surface area contributed by atoms with E-state index in [-0.39, 0.29) is 0 Å². The van der Waals surface area contributed by atoms with E-state index in [1.165, 1.54) is 5.56 Å². The third kappa shape index (κ3) is 1.78. The van der Waals surface area contributed by atoms with Crippen LogP contribution in [0.5, 0.6) is 0 Å². The molecule has 1 aliphatic heterocycles. The first kappa shape index (κ1) is 11.3. The highest BCUT2D eigenvalue weighted by atomic mass is 15.3. The third-order valence-electron chi connectivity index (χ3n) is 3.72. The molecule has 0 saturated carbocycles. The monoisotopic (exact) mass is 242 g/mol. The summed E-state index contributed by atoms with van der Waals surface area (Å²) in [5.74, 6) is 1.38. The van der Waals surface area contributed by atoms with Crippen molar-refractivity contribution in [3.63, 3.8) is 0 Å². The summed E-state index contributed by atoms with van der Waals surface area (Å²) in [5.41, 5.74) is 9.60. The van der Waals surface area contributed by atoms with Crippen LogP contribution in [-0.4, -0.2) is 34.8 Å². The molecule has 1 aliphatic rings. The van der Waals surface area contributed by atoms with Crippen molar-refractivity contribution in [3.05, 3.63) is 36.0 Å². The molecular formula is C14H18N4. The fourth-order valence-corrected chi connectivity index (χ4v) is 2.54. The standard InChI is InChI=1S/C14H18N4/c1-17-8-12(9-17)10-4-3-5-11(6-10)13-7-16-18(2)14(13)15/h3-7,12H,8-9,15H2,1-2H3. The van der Waals surface area contributed by atoms with E-state index < -0.39 is 0 Å². The Bertz CT molecular complexity index is 567. The number of nitrogen functional groups attached to an aromatic ring is 1. The number of nitrogens with zero attached hydrogens (tertiary/aromatic N) is 3. The van der Waals surface area contributed by atoms with E-state index >= 15 is 0 Å². The number of benzene rings is 1. The predicted octanol–water partition coefficient (Wildman–Crippen LogP) is 1.70. The molecule has 94 valence electrons. The quantitative estimate of drug-likeness (QED) is 0.872. The average molecular weight is 242 g/mol. The van der Waals surface area contributed by atoms with Crippen molar-refractivity contribution >= 4 is 5.82 Å². The zero-order valence-corrected chi connectivity index (χ0v) is 10.8. The van der Waals surface area contributed by atoms with Crippen LogP contribution in [0.1, 0.15) is 11.5 Å².